The van der Waals surface area contributed by atoms with Crippen molar-refractivity contribution < 1.29 is 4.79 Å². The van der Waals surface area contributed by atoms with E-state index >= 15 is 0 Å². The van der Waals surface area contributed by atoms with E-state index in [1.807, 2.05) is 0 Å². The molecule has 14 heavy (non-hydrogen) atoms. The molecule has 1 N–H and O–H groups in total. The van der Waals surface area contributed by atoms with Gasteiger partial charge < -0.3 is 5.32 Å². The number of rotatable bonds is 1. The maximum Gasteiger partial charge on any atom is 0.217 e. The molecule has 0 radical (unpaired) electrons. The van der Waals surface area contributed by atoms with E-state index in [9.17, 15) is 4.79 Å². The Labute approximate surface area is 85.8 Å². The fourth-order valence-corrected chi connectivity index (χ4v) is 3.12. The van der Waals surface area contributed by atoms with Crippen molar-refractivity contribution in [1.82, 2.24) is 5.32 Å². The molecular weight excluding hydrogens is 174 g/mol. The maximum atomic E-state index is 11.0. The lowest BCUT2D eigenvalue weighted by molar-refractivity contribution is -0.121. The Morgan fingerprint density at radius 1 is 1.50 bits per heavy atom. The Hall–Kier alpha value is -0.790. The average Bonchev–Trinajstić information content (AvgIpc) is 2.06. The molecule has 3 rings (SSSR count). The summed E-state index contributed by atoms with van der Waals surface area (Å²) in [6.07, 6.45) is 2.36. The lowest BCUT2D eigenvalue weighted by Crippen LogP contribution is -2.57. The monoisotopic (exact) mass is 193 g/mol. The lowest BCUT2D eigenvalue weighted by Gasteiger charge is -2.60. The topological polar surface area (TPSA) is 29.1 Å². The normalized spacial score (nSPS) is 38.8. The van der Waals surface area contributed by atoms with Crippen LogP contribution in [0.2, 0.25) is 0 Å². The summed E-state index contributed by atoms with van der Waals surface area (Å²) in [4.78, 5) is 11.0. The number of carbonyl (C=O) groups excluding carboxylic acids is 1. The first-order valence-electron chi connectivity index (χ1n) is 5.38. The summed E-state index contributed by atoms with van der Waals surface area (Å²) >= 11 is 0. The minimum atomic E-state index is 0.0651. The van der Waals surface area contributed by atoms with Crippen LogP contribution in [0.5, 0.6) is 0 Å². The predicted molar refractivity (Wildman–Crippen MR) is 56.7 cm³/mol. The Balaban J connectivity index is 2.08. The van der Waals surface area contributed by atoms with Gasteiger partial charge in [-0.3, -0.25) is 4.79 Å². The van der Waals surface area contributed by atoms with E-state index < -0.39 is 0 Å². The van der Waals surface area contributed by atoms with E-state index in [1.54, 1.807) is 6.92 Å². The van der Waals surface area contributed by atoms with Crippen molar-refractivity contribution in [1.29, 1.82) is 0 Å². The molecule has 0 unspecified atom stereocenters. The summed E-state index contributed by atoms with van der Waals surface area (Å²) in [7, 11) is 0. The summed E-state index contributed by atoms with van der Waals surface area (Å²) in [5, 5.41) is 2.99. The molecule has 3 aliphatic carbocycles. The predicted octanol–water partition coefficient (Wildman–Crippen LogP) is 2.11. The molecule has 3 saturated carbocycles. The van der Waals surface area contributed by atoms with Gasteiger partial charge in [-0.1, -0.05) is 26.0 Å². The van der Waals surface area contributed by atoms with Crippen LogP contribution in [0.15, 0.2) is 12.2 Å². The van der Waals surface area contributed by atoms with Crippen molar-refractivity contribution in [3.8, 4) is 0 Å². The number of fused-ring (bicyclic) bond motifs is 2. The molecule has 0 aromatic carbocycles. The van der Waals surface area contributed by atoms with Gasteiger partial charge >= 0.3 is 0 Å². The Bertz CT molecular complexity index is 293. The molecular formula is C12H19NO. The van der Waals surface area contributed by atoms with Crippen molar-refractivity contribution in [2.75, 3.05) is 0 Å². The third-order valence-corrected chi connectivity index (χ3v) is 4.26. The number of nitrogens with one attached hydrogen (secondary N) is 1. The molecule has 3 atom stereocenters. The molecule has 1 amide bonds. The van der Waals surface area contributed by atoms with Crippen LogP contribution in [0.4, 0.5) is 0 Å². The summed E-state index contributed by atoms with van der Waals surface area (Å²) in [6.45, 7) is 10.4. The Morgan fingerprint density at radius 3 is 2.57 bits per heavy atom. The van der Waals surface area contributed by atoms with Crippen molar-refractivity contribution in [3.05, 3.63) is 12.2 Å². The van der Waals surface area contributed by atoms with Crippen molar-refractivity contribution >= 4 is 5.91 Å². The van der Waals surface area contributed by atoms with Crippen LogP contribution >= 0.6 is 0 Å². The molecule has 0 aromatic rings. The molecule has 0 heterocycles. The lowest BCUT2D eigenvalue weighted by atomic mass is 9.46. The number of carbonyl (C=O) groups is 1. The van der Waals surface area contributed by atoms with Crippen molar-refractivity contribution in [3.63, 3.8) is 0 Å². The first-order chi connectivity index (χ1) is 6.43. The smallest absolute Gasteiger partial charge is 0.217 e. The minimum Gasteiger partial charge on any atom is -0.350 e. The van der Waals surface area contributed by atoms with Gasteiger partial charge in [0.2, 0.25) is 5.91 Å². The molecule has 78 valence electrons. The Kier molecular flexibility index (Phi) is 1.98. The van der Waals surface area contributed by atoms with Crippen molar-refractivity contribution in [2.45, 2.75) is 39.7 Å². The minimum absolute atomic E-state index is 0.0651. The van der Waals surface area contributed by atoms with Crippen LogP contribution in [0.1, 0.15) is 33.6 Å². The zero-order valence-electron chi connectivity index (χ0n) is 9.26. The quantitative estimate of drug-likeness (QED) is 0.635. The van der Waals surface area contributed by atoms with E-state index in [4.69, 9.17) is 0 Å². The van der Waals surface area contributed by atoms with Gasteiger partial charge in [-0.05, 0) is 30.1 Å². The van der Waals surface area contributed by atoms with Crippen molar-refractivity contribution in [2.24, 2.45) is 17.3 Å². The van der Waals surface area contributed by atoms with Gasteiger partial charge in [0.25, 0.3) is 0 Å². The maximum absolute atomic E-state index is 11.0. The summed E-state index contributed by atoms with van der Waals surface area (Å²) in [5.41, 5.74) is 1.67. The molecule has 2 nitrogen and oxygen atoms in total. The molecule has 2 heteroatoms. The number of hydrogen-bond donors (Lipinski definition) is 1. The third kappa shape index (κ3) is 1.20. The highest BCUT2D eigenvalue weighted by Crippen LogP contribution is 2.60. The van der Waals surface area contributed by atoms with Gasteiger partial charge in [0.15, 0.2) is 0 Å². The highest BCUT2D eigenvalue weighted by molar-refractivity contribution is 5.73. The largest absolute Gasteiger partial charge is 0.350 e. The highest BCUT2D eigenvalue weighted by Gasteiger charge is 2.54. The second kappa shape index (κ2) is 2.85. The molecule has 0 aromatic heterocycles. The van der Waals surface area contributed by atoms with E-state index in [2.05, 4.69) is 25.7 Å². The zero-order valence-corrected chi connectivity index (χ0v) is 9.26. The van der Waals surface area contributed by atoms with Crippen LogP contribution in [-0.2, 0) is 4.79 Å². The van der Waals surface area contributed by atoms with Gasteiger partial charge in [0.05, 0.1) is 6.04 Å². The van der Waals surface area contributed by atoms with Crippen LogP contribution in [0.25, 0.3) is 0 Å². The summed E-state index contributed by atoms with van der Waals surface area (Å²) in [6, 6.07) is 0.240. The summed E-state index contributed by atoms with van der Waals surface area (Å²) in [5.74, 6) is 1.46. The van der Waals surface area contributed by atoms with Gasteiger partial charge in [-0.15, -0.1) is 0 Å². The van der Waals surface area contributed by atoms with Crippen LogP contribution < -0.4 is 5.32 Å². The van der Waals surface area contributed by atoms with E-state index in [-0.39, 0.29) is 11.9 Å². The molecule has 0 aliphatic heterocycles. The second-order valence-corrected chi connectivity index (χ2v) is 5.37. The van der Waals surface area contributed by atoms with Gasteiger partial charge in [-0.25, -0.2) is 0 Å². The van der Waals surface area contributed by atoms with E-state index in [0.717, 1.165) is 12.3 Å². The molecule has 3 aliphatic rings. The SMILES string of the molecule is C=C1[C@@H](NC(C)=O)C[C@@H]2C[C@@H]1C2(C)C. The fourth-order valence-electron chi connectivity index (χ4n) is 3.12. The Morgan fingerprint density at radius 2 is 2.14 bits per heavy atom. The molecule has 2 bridgehead atoms. The summed E-state index contributed by atoms with van der Waals surface area (Å²) < 4.78 is 0. The average molecular weight is 193 g/mol. The van der Waals surface area contributed by atoms with Gasteiger partial charge in [0.1, 0.15) is 0 Å². The third-order valence-electron chi connectivity index (χ3n) is 4.26. The molecule has 0 saturated heterocycles. The number of hydrogen-bond acceptors (Lipinski definition) is 1. The standard InChI is InChI=1S/C12H19NO/c1-7-10-5-9(12(10,3)4)6-11(7)13-8(2)14/h9-11H,1,5-6H2,2-4H3,(H,13,14)/t9-,10-,11-/m0/s1. The van der Waals surface area contributed by atoms with Gasteiger partial charge in [0, 0.05) is 6.92 Å². The number of amides is 1. The van der Waals surface area contributed by atoms with Crippen LogP contribution in [-0.4, -0.2) is 11.9 Å². The highest BCUT2D eigenvalue weighted by atomic mass is 16.1. The van der Waals surface area contributed by atoms with Gasteiger partial charge in [-0.2, -0.15) is 0 Å². The second-order valence-electron chi connectivity index (χ2n) is 5.37. The van der Waals surface area contributed by atoms with E-state index in [0.29, 0.717) is 11.3 Å². The van der Waals surface area contributed by atoms with Crippen LogP contribution in [0.3, 0.4) is 0 Å². The first-order valence-corrected chi connectivity index (χ1v) is 5.38. The first kappa shape index (κ1) is 9.75. The van der Waals surface area contributed by atoms with E-state index in [1.165, 1.54) is 12.0 Å². The van der Waals surface area contributed by atoms with Crippen LogP contribution in [0, 0.1) is 17.3 Å². The fraction of sp³-hybridized carbons (Fsp3) is 0.750. The zero-order chi connectivity index (χ0) is 10.5. The molecule has 3 fully saturated rings. The molecule has 0 spiro atoms.